The van der Waals surface area contributed by atoms with Gasteiger partial charge >= 0.3 is 0 Å². The molecule has 0 aliphatic heterocycles. The van der Waals surface area contributed by atoms with Gasteiger partial charge in [0.15, 0.2) is 9.84 Å². The number of aryl methyl sites for hydroxylation is 1. The summed E-state index contributed by atoms with van der Waals surface area (Å²) in [4.78, 5) is 5.02. The molecule has 25 heavy (non-hydrogen) atoms. The maximum Gasteiger partial charge on any atom is 0.238 e. The number of thiazole rings is 1. The number of hydrogen-bond donors (Lipinski definition) is 1. The zero-order valence-corrected chi connectivity index (χ0v) is 16.3. The van der Waals surface area contributed by atoms with Crippen molar-refractivity contribution in [2.24, 2.45) is 5.14 Å². The van der Waals surface area contributed by atoms with Crippen LogP contribution in [0.25, 0.3) is 10.6 Å². The van der Waals surface area contributed by atoms with Crippen molar-refractivity contribution in [2.45, 2.75) is 21.8 Å². The summed E-state index contributed by atoms with van der Waals surface area (Å²) in [6, 6.07) is 8.93. The van der Waals surface area contributed by atoms with Crippen molar-refractivity contribution in [3.05, 3.63) is 52.3 Å². The summed E-state index contributed by atoms with van der Waals surface area (Å²) in [5.41, 5.74) is 1.12. The van der Waals surface area contributed by atoms with Crippen LogP contribution in [0.3, 0.4) is 0 Å². The summed E-state index contributed by atoms with van der Waals surface area (Å²) in [6.45, 7) is 1.89. The van der Waals surface area contributed by atoms with E-state index in [4.69, 9.17) is 5.14 Å². The van der Waals surface area contributed by atoms with Gasteiger partial charge in [0.2, 0.25) is 10.0 Å². The Kier molecular flexibility index (Phi) is 4.82. The Morgan fingerprint density at radius 3 is 2.52 bits per heavy atom. The van der Waals surface area contributed by atoms with Crippen molar-refractivity contribution in [1.82, 2.24) is 4.98 Å². The molecule has 10 heteroatoms. The Morgan fingerprint density at radius 1 is 1.12 bits per heavy atom. The molecule has 0 unspecified atom stereocenters. The lowest BCUT2D eigenvalue weighted by Crippen LogP contribution is -2.12. The minimum absolute atomic E-state index is 0.106. The highest BCUT2D eigenvalue weighted by Crippen LogP contribution is 2.32. The molecule has 2 N–H and O–H groups in total. The number of sulfonamides is 1. The summed E-state index contributed by atoms with van der Waals surface area (Å²) in [5.74, 6) is -0.299. The van der Waals surface area contributed by atoms with Crippen LogP contribution in [-0.2, 0) is 25.6 Å². The van der Waals surface area contributed by atoms with Crippen molar-refractivity contribution in [2.75, 3.05) is 0 Å². The molecular weight excluding hydrogens is 400 g/mol. The summed E-state index contributed by atoms with van der Waals surface area (Å²) in [5, 5.41) is 7.88. The highest BCUT2D eigenvalue weighted by Gasteiger charge is 2.20. The van der Waals surface area contributed by atoms with Crippen molar-refractivity contribution in [3.63, 3.8) is 0 Å². The van der Waals surface area contributed by atoms with E-state index in [0.29, 0.717) is 5.56 Å². The molecule has 2 aromatic heterocycles. The second kappa shape index (κ2) is 6.61. The number of aromatic nitrogens is 1. The number of nitrogens with zero attached hydrogens (tertiary/aromatic N) is 1. The van der Waals surface area contributed by atoms with E-state index in [2.05, 4.69) is 4.98 Å². The molecule has 0 saturated heterocycles. The van der Waals surface area contributed by atoms with Gasteiger partial charge in [-0.3, -0.25) is 0 Å². The van der Waals surface area contributed by atoms with E-state index in [1.165, 1.54) is 29.5 Å². The molecule has 0 aliphatic carbocycles. The van der Waals surface area contributed by atoms with Gasteiger partial charge < -0.3 is 0 Å². The van der Waals surface area contributed by atoms with E-state index in [1.54, 1.807) is 18.2 Å². The van der Waals surface area contributed by atoms with Crippen LogP contribution < -0.4 is 5.14 Å². The first-order valence-corrected chi connectivity index (χ1v) is 11.9. The normalized spacial score (nSPS) is 12.4. The molecule has 0 aliphatic rings. The van der Waals surface area contributed by atoms with E-state index >= 15 is 0 Å². The van der Waals surface area contributed by atoms with Gasteiger partial charge in [0.05, 0.1) is 26.2 Å². The molecule has 3 aromatic rings. The number of benzene rings is 1. The van der Waals surface area contributed by atoms with Crippen LogP contribution in [0.2, 0.25) is 0 Å². The van der Waals surface area contributed by atoms with Crippen LogP contribution >= 0.6 is 22.7 Å². The molecule has 0 amide bonds. The van der Waals surface area contributed by atoms with Gasteiger partial charge in [0.25, 0.3) is 0 Å². The first-order chi connectivity index (χ1) is 11.6. The summed E-state index contributed by atoms with van der Waals surface area (Å²) in [6.07, 6.45) is 0. The van der Waals surface area contributed by atoms with Gasteiger partial charge in [-0.15, -0.1) is 22.7 Å². The third-order valence-electron chi connectivity index (χ3n) is 3.34. The van der Waals surface area contributed by atoms with Crippen molar-refractivity contribution in [3.8, 4) is 10.6 Å². The van der Waals surface area contributed by atoms with Gasteiger partial charge in [-0.25, -0.2) is 27.0 Å². The predicted octanol–water partition coefficient (Wildman–Crippen LogP) is 2.80. The van der Waals surface area contributed by atoms with Crippen molar-refractivity contribution < 1.29 is 16.8 Å². The Labute approximate surface area is 154 Å². The van der Waals surface area contributed by atoms with Crippen LogP contribution in [0.15, 0.2) is 50.9 Å². The van der Waals surface area contributed by atoms with Crippen LogP contribution in [-0.4, -0.2) is 21.8 Å². The average Bonchev–Trinajstić information content (AvgIpc) is 3.15. The zero-order chi connectivity index (χ0) is 18.2. The molecule has 0 fully saturated rings. The Balaban J connectivity index is 1.89. The molecule has 0 bridgehead atoms. The Bertz CT molecular complexity index is 1130. The van der Waals surface area contributed by atoms with Crippen molar-refractivity contribution >= 4 is 42.5 Å². The third kappa shape index (κ3) is 4.15. The highest BCUT2D eigenvalue weighted by atomic mass is 32.2. The van der Waals surface area contributed by atoms with Gasteiger partial charge in [-0.1, -0.05) is 12.1 Å². The fourth-order valence-electron chi connectivity index (χ4n) is 2.20. The highest BCUT2D eigenvalue weighted by molar-refractivity contribution is 7.92. The number of rotatable bonds is 5. The molecule has 0 atom stereocenters. The lowest BCUT2D eigenvalue weighted by atomic mass is 10.2. The summed E-state index contributed by atoms with van der Waals surface area (Å²) < 4.78 is 48.3. The molecular formula is C15H14N2O4S4. The van der Waals surface area contributed by atoms with E-state index in [1.807, 2.05) is 12.3 Å². The van der Waals surface area contributed by atoms with Gasteiger partial charge in [-0.05, 0) is 36.8 Å². The monoisotopic (exact) mass is 414 g/mol. The number of sulfone groups is 1. The van der Waals surface area contributed by atoms with Crippen LogP contribution in [0.4, 0.5) is 0 Å². The fraction of sp³-hybridized carbons (Fsp3) is 0.133. The topological polar surface area (TPSA) is 107 Å². The lowest BCUT2D eigenvalue weighted by molar-refractivity contribution is 0.594. The maximum absolute atomic E-state index is 12.6. The quantitative estimate of drug-likeness (QED) is 0.691. The van der Waals surface area contributed by atoms with E-state index in [-0.39, 0.29) is 14.9 Å². The fourth-order valence-corrected chi connectivity index (χ4v) is 6.16. The van der Waals surface area contributed by atoms with Gasteiger partial charge in [0, 0.05) is 5.38 Å². The first-order valence-electron chi connectivity index (χ1n) is 7.02. The SMILES string of the molecule is Cc1nc(-c2ccc(S(=O)(=O)Cc3cccc(S(N)(=O)=O)c3)s2)cs1. The Morgan fingerprint density at radius 2 is 1.88 bits per heavy atom. The maximum atomic E-state index is 12.6. The number of thiophene rings is 1. The van der Waals surface area contributed by atoms with E-state index in [9.17, 15) is 16.8 Å². The second-order valence-corrected chi connectivity index (χ2v) is 11.2. The number of nitrogens with two attached hydrogens (primary N) is 1. The average molecular weight is 415 g/mol. The minimum Gasteiger partial charge on any atom is -0.241 e. The molecule has 2 heterocycles. The van der Waals surface area contributed by atoms with E-state index in [0.717, 1.165) is 26.9 Å². The molecule has 3 rings (SSSR count). The molecule has 0 saturated carbocycles. The van der Waals surface area contributed by atoms with Gasteiger partial charge in [-0.2, -0.15) is 0 Å². The van der Waals surface area contributed by atoms with Gasteiger partial charge in [0.1, 0.15) is 4.21 Å². The molecule has 132 valence electrons. The molecule has 1 aromatic carbocycles. The van der Waals surface area contributed by atoms with Crippen molar-refractivity contribution in [1.29, 1.82) is 0 Å². The number of hydrogen-bond acceptors (Lipinski definition) is 7. The molecule has 0 spiro atoms. The minimum atomic E-state index is -3.87. The zero-order valence-electron chi connectivity index (χ0n) is 13.0. The first kappa shape index (κ1) is 18.2. The third-order valence-corrected chi connectivity index (χ3v) is 8.40. The summed E-state index contributed by atoms with van der Waals surface area (Å²) in [7, 11) is -7.47. The lowest BCUT2D eigenvalue weighted by Gasteiger charge is -2.04. The van der Waals surface area contributed by atoms with Crippen LogP contribution in [0.5, 0.6) is 0 Å². The Hall–Kier alpha value is -1.59. The molecule has 0 radical (unpaired) electrons. The largest absolute Gasteiger partial charge is 0.241 e. The second-order valence-electron chi connectivity index (χ2n) is 5.32. The predicted molar refractivity (Wildman–Crippen MR) is 98.9 cm³/mol. The van der Waals surface area contributed by atoms with E-state index < -0.39 is 19.9 Å². The van der Waals surface area contributed by atoms with Crippen LogP contribution in [0.1, 0.15) is 10.6 Å². The molecule has 6 nitrogen and oxygen atoms in total. The smallest absolute Gasteiger partial charge is 0.238 e. The standard InChI is InChI=1S/C15H14N2O4S4/c1-10-17-13(8-22-10)14-5-6-15(23-14)24(18,19)9-11-3-2-4-12(7-11)25(16,20)21/h2-8H,9H2,1H3,(H2,16,20,21). The van der Waals surface area contributed by atoms with Crippen LogP contribution in [0, 0.1) is 6.92 Å². The number of primary sulfonamides is 1. The summed E-state index contributed by atoms with van der Waals surface area (Å²) >= 11 is 2.65.